The van der Waals surface area contributed by atoms with Gasteiger partial charge in [-0.15, -0.1) is 11.8 Å². The van der Waals surface area contributed by atoms with Crippen molar-refractivity contribution in [3.8, 4) is 0 Å². The van der Waals surface area contributed by atoms with Crippen molar-refractivity contribution in [2.75, 3.05) is 0 Å². The summed E-state index contributed by atoms with van der Waals surface area (Å²) in [6.45, 7) is 2.04. The molecule has 0 unspecified atom stereocenters. The number of hydrogen-bond donors (Lipinski definition) is 2. The van der Waals surface area contributed by atoms with Crippen molar-refractivity contribution in [2.24, 2.45) is 5.73 Å². The molecule has 0 atom stereocenters. The van der Waals surface area contributed by atoms with E-state index in [1.807, 2.05) is 37.3 Å². The number of pyridine rings is 1. The van der Waals surface area contributed by atoms with E-state index < -0.39 is 0 Å². The maximum absolute atomic E-state index is 7.42. The van der Waals surface area contributed by atoms with E-state index in [0.29, 0.717) is 0 Å². The predicted molar refractivity (Wildman–Crippen MR) is 83.7 cm³/mol. The van der Waals surface area contributed by atoms with E-state index in [9.17, 15) is 0 Å². The molecule has 3 N–H and O–H groups in total. The quantitative estimate of drug-likeness (QED) is 0.508. The monoisotopic (exact) mass is 335 g/mol. The first-order chi connectivity index (χ1) is 9.06. The van der Waals surface area contributed by atoms with Crippen LogP contribution in [0, 0.1) is 12.3 Å². The zero-order chi connectivity index (χ0) is 13.8. The summed E-state index contributed by atoms with van der Waals surface area (Å²) in [4.78, 5) is 4.33. The summed E-state index contributed by atoms with van der Waals surface area (Å²) >= 11 is 5.06. The van der Waals surface area contributed by atoms with Crippen molar-refractivity contribution < 1.29 is 0 Å². The first-order valence-corrected chi connectivity index (χ1v) is 7.52. The van der Waals surface area contributed by atoms with E-state index >= 15 is 0 Å². The molecule has 0 spiro atoms. The number of amidine groups is 1. The SMILES string of the molecule is Cc1cc(C(=N)N)ccc1CSc1ccc(Br)cn1. The lowest BCUT2D eigenvalue weighted by Gasteiger charge is -2.07. The lowest BCUT2D eigenvalue weighted by Crippen LogP contribution is -2.11. The third-order valence-corrected chi connectivity index (χ3v) is 4.19. The molecule has 0 aliphatic carbocycles. The lowest BCUT2D eigenvalue weighted by molar-refractivity contribution is 1.12. The highest BCUT2D eigenvalue weighted by molar-refractivity contribution is 9.10. The number of nitrogens with two attached hydrogens (primary N) is 1. The Bertz CT molecular complexity index is 596. The number of hydrogen-bond acceptors (Lipinski definition) is 3. The average Bonchev–Trinajstić information content (AvgIpc) is 2.39. The number of halogens is 1. The highest BCUT2D eigenvalue weighted by atomic mass is 79.9. The molecule has 2 aromatic rings. The molecule has 98 valence electrons. The third-order valence-electron chi connectivity index (χ3n) is 2.73. The zero-order valence-corrected chi connectivity index (χ0v) is 12.9. The Labute approximate surface area is 125 Å². The Morgan fingerprint density at radius 1 is 1.37 bits per heavy atom. The molecule has 3 nitrogen and oxygen atoms in total. The minimum Gasteiger partial charge on any atom is -0.384 e. The van der Waals surface area contributed by atoms with Crippen LogP contribution in [-0.4, -0.2) is 10.8 Å². The molecule has 0 amide bonds. The van der Waals surface area contributed by atoms with E-state index in [4.69, 9.17) is 11.1 Å². The van der Waals surface area contributed by atoms with E-state index in [1.165, 1.54) is 5.56 Å². The van der Waals surface area contributed by atoms with Gasteiger partial charge in [-0.05, 0) is 52.2 Å². The van der Waals surface area contributed by atoms with E-state index in [0.717, 1.165) is 26.4 Å². The number of aromatic nitrogens is 1. The fourth-order valence-corrected chi connectivity index (χ4v) is 2.78. The summed E-state index contributed by atoms with van der Waals surface area (Å²) < 4.78 is 0.985. The lowest BCUT2D eigenvalue weighted by atomic mass is 10.1. The first-order valence-electron chi connectivity index (χ1n) is 5.74. The van der Waals surface area contributed by atoms with Gasteiger partial charge in [0.2, 0.25) is 0 Å². The minimum atomic E-state index is 0.108. The molecule has 0 saturated carbocycles. The van der Waals surface area contributed by atoms with Crippen molar-refractivity contribution in [1.29, 1.82) is 5.41 Å². The van der Waals surface area contributed by atoms with Crippen molar-refractivity contribution in [3.05, 3.63) is 57.7 Å². The van der Waals surface area contributed by atoms with Crippen molar-refractivity contribution in [1.82, 2.24) is 4.98 Å². The summed E-state index contributed by atoms with van der Waals surface area (Å²) in [6.07, 6.45) is 1.80. The fraction of sp³-hybridized carbons (Fsp3) is 0.143. The normalized spacial score (nSPS) is 10.4. The molecule has 0 aliphatic rings. The first kappa shape index (κ1) is 14.1. The Hall–Kier alpha value is -1.33. The Kier molecular flexibility index (Phi) is 4.61. The van der Waals surface area contributed by atoms with Gasteiger partial charge in [-0.2, -0.15) is 0 Å². The van der Waals surface area contributed by atoms with Crippen LogP contribution < -0.4 is 5.73 Å². The van der Waals surface area contributed by atoms with Crippen LogP contribution in [0.4, 0.5) is 0 Å². The Balaban J connectivity index is 2.07. The number of benzene rings is 1. The van der Waals surface area contributed by atoms with Crippen molar-refractivity contribution in [3.63, 3.8) is 0 Å². The van der Waals surface area contributed by atoms with Gasteiger partial charge >= 0.3 is 0 Å². The molecule has 2 rings (SSSR count). The van der Waals surface area contributed by atoms with Gasteiger partial charge in [0.05, 0.1) is 5.03 Å². The number of aryl methyl sites for hydroxylation is 1. The van der Waals surface area contributed by atoms with Gasteiger partial charge < -0.3 is 5.73 Å². The van der Waals surface area contributed by atoms with Gasteiger partial charge in [-0.1, -0.05) is 12.1 Å². The van der Waals surface area contributed by atoms with Gasteiger partial charge in [0.25, 0.3) is 0 Å². The number of thioether (sulfide) groups is 1. The molecular formula is C14H14BrN3S. The number of nitrogens with zero attached hydrogens (tertiary/aromatic N) is 1. The maximum atomic E-state index is 7.42. The van der Waals surface area contributed by atoms with Gasteiger partial charge in [-0.25, -0.2) is 4.98 Å². The second-order valence-corrected chi connectivity index (χ2v) is 6.07. The fourth-order valence-electron chi connectivity index (χ4n) is 1.62. The van der Waals surface area contributed by atoms with Crippen LogP contribution in [0.5, 0.6) is 0 Å². The van der Waals surface area contributed by atoms with Crippen LogP contribution in [0.3, 0.4) is 0 Å². The molecular weight excluding hydrogens is 322 g/mol. The summed E-state index contributed by atoms with van der Waals surface area (Å²) in [5, 5.41) is 8.42. The van der Waals surface area contributed by atoms with Crippen LogP contribution in [0.15, 0.2) is 46.0 Å². The van der Waals surface area contributed by atoms with Gasteiger partial charge in [0.15, 0.2) is 0 Å². The smallest absolute Gasteiger partial charge is 0.122 e. The average molecular weight is 336 g/mol. The molecule has 0 saturated heterocycles. The van der Waals surface area contributed by atoms with Crippen LogP contribution in [0.1, 0.15) is 16.7 Å². The summed E-state index contributed by atoms with van der Waals surface area (Å²) in [7, 11) is 0. The molecule has 1 heterocycles. The largest absolute Gasteiger partial charge is 0.384 e. The van der Waals surface area contributed by atoms with Gasteiger partial charge in [0.1, 0.15) is 5.84 Å². The van der Waals surface area contributed by atoms with Crippen LogP contribution in [-0.2, 0) is 5.75 Å². The van der Waals surface area contributed by atoms with Crippen molar-refractivity contribution >= 4 is 33.5 Å². The molecule has 0 radical (unpaired) electrons. The molecule has 1 aromatic carbocycles. The van der Waals surface area contributed by atoms with Gasteiger partial charge in [0, 0.05) is 22.0 Å². The molecule has 19 heavy (non-hydrogen) atoms. The zero-order valence-electron chi connectivity index (χ0n) is 10.5. The molecule has 1 aromatic heterocycles. The molecule has 0 bridgehead atoms. The second kappa shape index (κ2) is 6.21. The molecule has 0 fully saturated rings. The van der Waals surface area contributed by atoms with E-state index in [1.54, 1.807) is 18.0 Å². The van der Waals surface area contributed by atoms with Gasteiger partial charge in [-0.3, -0.25) is 5.41 Å². The van der Waals surface area contributed by atoms with Crippen LogP contribution >= 0.6 is 27.7 Å². The highest BCUT2D eigenvalue weighted by Crippen LogP contribution is 2.24. The Morgan fingerprint density at radius 3 is 2.74 bits per heavy atom. The van der Waals surface area contributed by atoms with Crippen LogP contribution in [0.25, 0.3) is 0 Å². The highest BCUT2D eigenvalue weighted by Gasteiger charge is 2.04. The predicted octanol–water partition coefficient (Wildman–Crippen LogP) is 3.73. The van der Waals surface area contributed by atoms with Crippen molar-refractivity contribution in [2.45, 2.75) is 17.7 Å². The molecule has 5 heteroatoms. The number of rotatable bonds is 4. The topological polar surface area (TPSA) is 62.8 Å². The summed E-state index contributed by atoms with van der Waals surface area (Å²) in [5.74, 6) is 0.968. The standard InChI is InChI=1S/C14H14BrN3S/c1-9-6-10(14(16)17)2-3-11(9)8-19-13-5-4-12(15)7-18-13/h2-7H,8H2,1H3,(H3,16,17). The second-order valence-electron chi connectivity index (χ2n) is 4.16. The Morgan fingerprint density at radius 2 is 2.16 bits per heavy atom. The minimum absolute atomic E-state index is 0.108. The molecule has 0 aliphatic heterocycles. The third kappa shape index (κ3) is 3.81. The van der Waals surface area contributed by atoms with E-state index in [2.05, 4.69) is 20.9 Å². The summed E-state index contributed by atoms with van der Waals surface area (Å²) in [5.41, 5.74) is 8.63. The number of nitrogen functional groups attached to an aromatic ring is 1. The summed E-state index contributed by atoms with van der Waals surface area (Å²) in [6, 6.07) is 9.85. The van der Waals surface area contributed by atoms with E-state index in [-0.39, 0.29) is 5.84 Å². The van der Waals surface area contributed by atoms with Crippen LogP contribution in [0.2, 0.25) is 0 Å². The maximum Gasteiger partial charge on any atom is 0.122 e. The number of nitrogens with one attached hydrogen (secondary N) is 1.